The molecule has 0 aromatic heterocycles. The van der Waals surface area contributed by atoms with Gasteiger partial charge in [0.05, 0.1) is 10.8 Å². The molecule has 2 aliphatic rings. The standard InChI is InChI=1S/C14H15F2NO4S/c15-13(16)8-1-4-10(5-2-8)22(20,21)17-9-3-6-12(17)11(7-9)14(18)19/h1-2,4-5,9,11-13H,3,6-7H2,(H,18,19). The molecule has 1 N–H and O–H groups in total. The summed E-state index contributed by atoms with van der Waals surface area (Å²) in [4.78, 5) is 11.1. The highest BCUT2D eigenvalue weighted by atomic mass is 32.2. The Morgan fingerprint density at radius 3 is 2.36 bits per heavy atom. The first-order chi connectivity index (χ1) is 10.3. The van der Waals surface area contributed by atoms with Crippen LogP contribution in [0.4, 0.5) is 8.78 Å². The number of fused-ring (bicyclic) bond motifs is 2. The van der Waals surface area contributed by atoms with Gasteiger partial charge < -0.3 is 5.11 Å². The maximum Gasteiger partial charge on any atom is 0.308 e. The summed E-state index contributed by atoms with van der Waals surface area (Å²) < 4.78 is 51.7. The largest absolute Gasteiger partial charge is 0.481 e. The Bertz CT molecular complexity index is 689. The van der Waals surface area contributed by atoms with Gasteiger partial charge in [0.15, 0.2) is 0 Å². The lowest BCUT2D eigenvalue weighted by atomic mass is 9.89. The Labute approximate surface area is 126 Å². The first-order valence-electron chi connectivity index (χ1n) is 6.97. The Hall–Kier alpha value is -1.54. The number of carboxylic acids is 1. The van der Waals surface area contributed by atoms with Crippen molar-refractivity contribution in [3.8, 4) is 0 Å². The van der Waals surface area contributed by atoms with Crippen LogP contribution in [-0.4, -0.2) is 35.9 Å². The summed E-state index contributed by atoms with van der Waals surface area (Å²) in [6, 6.07) is 3.64. The minimum absolute atomic E-state index is 0.0696. The molecule has 1 aromatic rings. The SMILES string of the molecule is O=C(O)C1CC2CCC1N2S(=O)(=O)c1ccc(C(F)F)cc1. The van der Waals surface area contributed by atoms with Crippen LogP contribution in [-0.2, 0) is 14.8 Å². The van der Waals surface area contributed by atoms with Crippen LogP contribution in [0.1, 0.15) is 31.3 Å². The van der Waals surface area contributed by atoms with E-state index in [2.05, 4.69) is 0 Å². The molecule has 0 saturated carbocycles. The highest BCUT2D eigenvalue weighted by Crippen LogP contribution is 2.45. The molecule has 22 heavy (non-hydrogen) atoms. The van der Waals surface area contributed by atoms with E-state index in [9.17, 15) is 27.1 Å². The van der Waals surface area contributed by atoms with Crippen LogP contribution in [0.15, 0.2) is 29.2 Å². The van der Waals surface area contributed by atoms with E-state index in [0.29, 0.717) is 19.3 Å². The van der Waals surface area contributed by atoms with Crippen LogP contribution in [0, 0.1) is 5.92 Å². The molecule has 3 unspecified atom stereocenters. The van der Waals surface area contributed by atoms with Gasteiger partial charge in [-0.1, -0.05) is 12.1 Å². The number of sulfonamides is 1. The molecule has 120 valence electrons. The molecule has 8 heteroatoms. The third kappa shape index (κ3) is 2.30. The van der Waals surface area contributed by atoms with Crippen LogP contribution in [0.25, 0.3) is 0 Å². The molecule has 2 heterocycles. The third-order valence-electron chi connectivity index (χ3n) is 4.50. The number of hydrogen-bond donors (Lipinski definition) is 1. The van der Waals surface area contributed by atoms with Gasteiger partial charge in [0.25, 0.3) is 6.43 Å². The molecule has 3 atom stereocenters. The number of carbonyl (C=O) groups is 1. The van der Waals surface area contributed by atoms with Crippen molar-refractivity contribution in [2.75, 3.05) is 0 Å². The van der Waals surface area contributed by atoms with Crippen molar-refractivity contribution in [1.82, 2.24) is 4.31 Å². The molecule has 1 aromatic carbocycles. The van der Waals surface area contributed by atoms with Gasteiger partial charge in [-0.25, -0.2) is 17.2 Å². The molecule has 2 aliphatic heterocycles. The molecule has 2 saturated heterocycles. The zero-order valence-corrected chi connectivity index (χ0v) is 12.3. The van der Waals surface area contributed by atoms with Crippen molar-refractivity contribution >= 4 is 16.0 Å². The van der Waals surface area contributed by atoms with Gasteiger partial charge in [0.2, 0.25) is 10.0 Å². The highest BCUT2D eigenvalue weighted by Gasteiger charge is 2.54. The summed E-state index contributed by atoms with van der Waals surface area (Å²) in [5, 5.41) is 9.18. The number of halogens is 2. The van der Waals surface area contributed by atoms with Crippen molar-refractivity contribution < 1.29 is 27.1 Å². The van der Waals surface area contributed by atoms with Gasteiger partial charge in [0, 0.05) is 17.6 Å². The summed E-state index contributed by atoms with van der Waals surface area (Å²) >= 11 is 0. The molecule has 0 aliphatic carbocycles. The van der Waals surface area contributed by atoms with E-state index in [1.807, 2.05) is 0 Å². The van der Waals surface area contributed by atoms with Crippen LogP contribution in [0.2, 0.25) is 0 Å². The first kappa shape index (κ1) is 15.4. The Morgan fingerprint density at radius 2 is 1.86 bits per heavy atom. The summed E-state index contributed by atoms with van der Waals surface area (Å²) in [5.74, 6) is -1.67. The molecule has 2 fully saturated rings. The molecule has 0 spiro atoms. The number of carboxylic acid groups (broad SMARTS) is 1. The maximum atomic E-state index is 12.7. The second-order valence-electron chi connectivity index (χ2n) is 5.68. The second-order valence-corrected chi connectivity index (χ2v) is 7.53. The number of benzene rings is 1. The molecule has 3 rings (SSSR count). The zero-order valence-electron chi connectivity index (χ0n) is 11.5. The third-order valence-corrected chi connectivity index (χ3v) is 6.49. The van der Waals surface area contributed by atoms with Gasteiger partial charge in [-0.15, -0.1) is 0 Å². The van der Waals surface area contributed by atoms with E-state index in [0.717, 1.165) is 24.3 Å². The fourth-order valence-corrected chi connectivity index (χ4v) is 5.40. The molecular formula is C14H15F2NO4S. The quantitative estimate of drug-likeness (QED) is 0.918. The van der Waals surface area contributed by atoms with Gasteiger partial charge >= 0.3 is 5.97 Å². The van der Waals surface area contributed by atoms with Gasteiger partial charge in [-0.3, -0.25) is 4.79 Å². The Morgan fingerprint density at radius 1 is 1.23 bits per heavy atom. The zero-order chi connectivity index (χ0) is 16.1. The molecule has 5 nitrogen and oxygen atoms in total. The van der Waals surface area contributed by atoms with Crippen molar-refractivity contribution in [2.45, 2.75) is 42.7 Å². The van der Waals surface area contributed by atoms with E-state index in [-0.39, 0.29) is 16.5 Å². The smallest absolute Gasteiger partial charge is 0.308 e. The molecule has 2 bridgehead atoms. The van der Waals surface area contributed by atoms with E-state index < -0.39 is 34.4 Å². The molecule has 0 radical (unpaired) electrons. The average molecular weight is 331 g/mol. The topological polar surface area (TPSA) is 74.7 Å². The van der Waals surface area contributed by atoms with E-state index >= 15 is 0 Å². The minimum Gasteiger partial charge on any atom is -0.481 e. The fourth-order valence-electron chi connectivity index (χ4n) is 3.49. The van der Waals surface area contributed by atoms with Crippen LogP contribution < -0.4 is 0 Å². The first-order valence-corrected chi connectivity index (χ1v) is 8.41. The maximum absolute atomic E-state index is 12.7. The lowest BCUT2D eigenvalue weighted by molar-refractivity contribution is -0.142. The molecule has 0 amide bonds. The van der Waals surface area contributed by atoms with Crippen molar-refractivity contribution in [2.24, 2.45) is 5.92 Å². The van der Waals surface area contributed by atoms with Crippen molar-refractivity contribution in [1.29, 1.82) is 0 Å². The van der Waals surface area contributed by atoms with Gasteiger partial charge in [-0.2, -0.15) is 4.31 Å². The summed E-state index contributed by atoms with van der Waals surface area (Å²) in [7, 11) is -3.86. The van der Waals surface area contributed by atoms with Crippen LogP contribution >= 0.6 is 0 Å². The lowest BCUT2D eigenvalue weighted by Gasteiger charge is -2.22. The Kier molecular flexibility index (Phi) is 3.68. The van der Waals surface area contributed by atoms with Crippen molar-refractivity contribution in [3.63, 3.8) is 0 Å². The number of aliphatic carboxylic acids is 1. The highest BCUT2D eigenvalue weighted by molar-refractivity contribution is 7.89. The Balaban J connectivity index is 1.92. The summed E-state index contributed by atoms with van der Waals surface area (Å²) in [6.45, 7) is 0. The number of nitrogens with zero attached hydrogens (tertiary/aromatic N) is 1. The van der Waals surface area contributed by atoms with E-state index in [4.69, 9.17) is 0 Å². The predicted molar refractivity (Wildman–Crippen MR) is 73.0 cm³/mol. The summed E-state index contributed by atoms with van der Waals surface area (Å²) in [6.07, 6.45) is -1.18. The molecular weight excluding hydrogens is 316 g/mol. The predicted octanol–water partition coefficient (Wildman–Crippen LogP) is 2.25. The van der Waals surface area contributed by atoms with E-state index in [1.165, 1.54) is 4.31 Å². The monoisotopic (exact) mass is 331 g/mol. The second kappa shape index (κ2) is 5.27. The summed E-state index contributed by atoms with van der Waals surface area (Å²) in [5.41, 5.74) is -0.244. The lowest BCUT2D eigenvalue weighted by Crippen LogP contribution is -2.37. The number of hydrogen-bond acceptors (Lipinski definition) is 3. The fraction of sp³-hybridized carbons (Fsp3) is 0.500. The van der Waals surface area contributed by atoms with Gasteiger partial charge in [0.1, 0.15) is 0 Å². The van der Waals surface area contributed by atoms with Gasteiger partial charge in [-0.05, 0) is 31.4 Å². The number of alkyl halides is 2. The van der Waals surface area contributed by atoms with Crippen LogP contribution in [0.3, 0.4) is 0 Å². The van der Waals surface area contributed by atoms with Crippen molar-refractivity contribution in [3.05, 3.63) is 29.8 Å². The minimum atomic E-state index is -3.86. The van der Waals surface area contributed by atoms with E-state index in [1.54, 1.807) is 0 Å². The van der Waals surface area contributed by atoms with Crippen LogP contribution in [0.5, 0.6) is 0 Å². The number of rotatable bonds is 4. The average Bonchev–Trinajstić information content (AvgIpc) is 3.05. The normalized spacial score (nSPS) is 28.4.